The van der Waals surface area contributed by atoms with Gasteiger partial charge in [0.15, 0.2) is 5.58 Å². The van der Waals surface area contributed by atoms with Crippen LogP contribution in [0.15, 0.2) is 22.9 Å². The van der Waals surface area contributed by atoms with Gasteiger partial charge in [-0.2, -0.15) is 10.2 Å². The average Bonchev–Trinajstić information content (AvgIpc) is 2.46. The third-order valence-corrected chi connectivity index (χ3v) is 1.82. The van der Waals surface area contributed by atoms with Crippen LogP contribution in [0.25, 0.3) is 11.0 Å². The molecule has 2 rings (SSSR count). The molecule has 0 aliphatic rings. The van der Waals surface area contributed by atoms with Gasteiger partial charge in [0.2, 0.25) is 0 Å². The molecule has 2 aromatic heterocycles. The number of aromatic nitrogens is 2. The molecule has 0 aliphatic carbocycles. The van der Waals surface area contributed by atoms with Gasteiger partial charge in [0.1, 0.15) is 5.76 Å². The standard InChI is InChI=1S/C9H10N2O/c1-6(2)8-3-7-4-10-11-5-9(7)12-8/h3-6H,1-2H3. The van der Waals surface area contributed by atoms with Crippen LogP contribution in [0.3, 0.4) is 0 Å². The van der Waals surface area contributed by atoms with E-state index in [0.717, 1.165) is 16.7 Å². The van der Waals surface area contributed by atoms with Gasteiger partial charge in [0.25, 0.3) is 0 Å². The highest BCUT2D eigenvalue weighted by Gasteiger charge is 2.06. The molecule has 0 fully saturated rings. The summed E-state index contributed by atoms with van der Waals surface area (Å²) in [5.74, 6) is 1.40. The van der Waals surface area contributed by atoms with Crippen LogP contribution in [0.4, 0.5) is 0 Å². The minimum atomic E-state index is 0.414. The molecule has 0 radical (unpaired) electrons. The van der Waals surface area contributed by atoms with Gasteiger partial charge in [0.05, 0.1) is 12.4 Å². The smallest absolute Gasteiger partial charge is 0.156 e. The number of hydrogen-bond donors (Lipinski definition) is 0. The Morgan fingerprint density at radius 1 is 1.25 bits per heavy atom. The predicted octanol–water partition coefficient (Wildman–Crippen LogP) is 2.35. The Bertz CT molecular complexity index is 359. The van der Waals surface area contributed by atoms with E-state index in [0.29, 0.717) is 5.92 Å². The molecule has 0 saturated carbocycles. The van der Waals surface area contributed by atoms with Gasteiger partial charge in [-0.25, -0.2) is 0 Å². The second-order valence-corrected chi connectivity index (χ2v) is 3.11. The molecule has 0 saturated heterocycles. The lowest BCUT2D eigenvalue weighted by molar-refractivity contribution is 0.520. The van der Waals surface area contributed by atoms with Crippen molar-refractivity contribution in [3.05, 3.63) is 24.2 Å². The molecule has 0 aromatic carbocycles. The molecule has 12 heavy (non-hydrogen) atoms. The monoisotopic (exact) mass is 162 g/mol. The van der Waals surface area contributed by atoms with E-state index in [1.165, 1.54) is 0 Å². The highest BCUT2D eigenvalue weighted by molar-refractivity contribution is 5.75. The molecular formula is C9H10N2O. The fraction of sp³-hybridized carbons (Fsp3) is 0.333. The number of fused-ring (bicyclic) bond motifs is 1. The summed E-state index contributed by atoms with van der Waals surface area (Å²) in [6.45, 7) is 4.19. The first-order valence-corrected chi connectivity index (χ1v) is 3.97. The topological polar surface area (TPSA) is 38.9 Å². The molecule has 2 heterocycles. The van der Waals surface area contributed by atoms with Gasteiger partial charge >= 0.3 is 0 Å². The van der Waals surface area contributed by atoms with E-state index in [9.17, 15) is 0 Å². The van der Waals surface area contributed by atoms with Crippen molar-refractivity contribution >= 4 is 11.0 Å². The van der Waals surface area contributed by atoms with E-state index in [1.807, 2.05) is 6.07 Å². The Kier molecular flexibility index (Phi) is 1.57. The van der Waals surface area contributed by atoms with Crippen LogP contribution in [0, 0.1) is 0 Å². The summed E-state index contributed by atoms with van der Waals surface area (Å²) in [5.41, 5.74) is 0.814. The van der Waals surface area contributed by atoms with E-state index < -0.39 is 0 Å². The van der Waals surface area contributed by atoms with Gasteiger partial charge in [-0.15, -0.1) is 0 Å². The number of furan rings is 1. The Morgan fingerprint density at radius 2 is 2.00 bits per heavy atom. The first kappa shape index (κ1) is 7.28. The van der Waals surface area contributed by atoms with Crippen LogP contribution in [0.5, 0.6) is 0 Å². The Morgan fingerprint density at radius 3 is 2.67 bits per heavy atom. The summed E-state index contributed by atoms with van der Waals surface area (Å²) in [5, 5.41) is 8.54. The van der Waals surface area contributed by atoms with E-state index in [4.69, 9.17) is 4.42 Å². The minimum absolute atomic E-state index is 0.414. The van der Waals surface area contributed by atoms with Crippen molar-refractivity contribution in [2.75, 3.05) is 0 Å². The minimum Gasteiger partial charge on any atom is -0.459 e. The van der Waals surface area contributed by atoms with Gasteiger partial charge in [0, 0.05) is 11.3 Å². The number of rotatable bonds is 1. The average molecular weight is 162 g/mol. The third kappa shape index (κ3) is 1.07. The van der Waals surface area contributed by atoms with E-state index in [2.05, 4.69) is 24.0 Å². The quantitative estimate of drug-likeness (QED) is 0.646. The first-order valence-electron chi connectivity index (χ1n) is 3.97. The second-order valence-electron chi connectivity index (χ2n) is 3.11. The summed E-state index contributed by atoms with van der Waals surface area (Å²) in [6, 6.07) is 2.01. The molecule has 0 bridgehead atoms. The molecule has 0 atom stereocenters. The zero-order chi connectivity index (χ0) is 8.55. The lowest BCUT2D eigenvalue weighted by atomic mass is 10.1. The molecular weight excluding hydrogens is 152 g/mol. The van der Waals surface area contributed by atoms with Crippen LogP contribution in [-0.4, -0.2) is 10.2 Å². The summed E-state index contributed by atoms with van der Waals surface area (Å²) in [6.07, 6.45) is 3.35. The van der Waals surface area contributed by atoms with Crippen molar-refractivity contribution in [3.8, 4) is 0 Å². The molecule has 2 aromatic rings. The van der Waals surface area contributed by atoms with Gasteiger partial charge in [-0.05, 0) is 6.07 Å². The molecule has 0 aliphatic heterocycles. The number of hydrogen-bond acceptors (Lipinski definition) is 3. The molecule has 3 nitrogen and oxygen atoms in total. The van der Waals surface area contributed by atoms with E-state index >= 15 is 0 Å². The lowest BCUT2D eigenvalue weighted by Gasteiger charge is -1.95. The summed E-state index contributed by atoms with van der Waals surface area (Å²) in [7, 11) is 0. The van der Waals surface area contributed by atoms with Crippen molar-refractivity contribution in [1.82, 2.24) is 10.2 Å². The maximum atomic E-state index is 5.53. The Hall–Kier alpha value is -1.38. The largest absolute Gasteiger partial charge is 0.459 e. The predicted molar refractivity (Wildman–Crippen MR) is 45.9 cm³/mol. The SMILES string of the molecule is CC(C)c1cc2cnncc2o1. The third-order valence-electron chi connectivity index (χ3n) is 1.82. The van der Waals surface area contributed by atoms with Crippen LogP contribution >= 0.6 is 0 Å². The fourth-order valence-electron chi connectivity index (χ4n) is 1.11. The molecule has 0 spiro atoms. The Balaban J connectivity index is 2.62. The molecule has 0 N–H and O–H groups in total. The highest BCUT2D eigenvalue weighted by Crippen LogP contribution is 2.22. The zero-order valence-electron chi connectivity index (χ0n) is 7.11. The molecule has 3 heteroatoms. The van der Waals surface area contributed by atoms with Crippen molar-refractivity contribution < 1.29 is 4.42 Å². The van der Waals surface area contributed by atoms with Crippen LogP contribution in [0.2, 0.25) is 0 Å². The van der Waals surface area contributed by atoms with E-state index in [1.54, 1.807) is 12.4 Å². The van der Waals surface area contributed by atoms with Crippen LogP contribution < -0.4 is 0 Å². The van der Waals surface area contributed by atoms with Crippen molar-refractivity contribution in [2.24, 2.45) is 0 Å². The zero-order valence-corrected chi connectivity index (χ0v) is 7.11. The summed E-state index contributed by atoms with van der Waals surface area (Å²) in [4.78, 5) is 0. The number of nitrogens with zero attached hydrogens (tertiary/aromatic N) is 2. The molecule has 0 amide bonds. The second kappa shape index (κ2) is 2.59. The molecule has 62 valence electrons. The van der Waals surface area contributed by atoms with Crippen LogP contribution in [0.1, 0.15) is 25.5 Å². The van der Waals surface area contributed by atoms with Gasteiger partial charge in [-0.1, -0.05) is 13.8 Å². The summed E-state index contributed by atoms with van der Waals surface area (Å²) >= 11 is 0. The molecule has 0 unspecified atom stereocenters. The van der Waals surface area contributed by atoms with Crippen molar-refractivity contribution in [1.29, 1.82) is 0 Å². The normalized spacial score (nSPS) is 11.2. The maximum Gasteiger partial charge on any atom is 0.156 e. The van der Waals surface area contributed by atoms with Crippen LogP contribution in [-0.2, 0) is 0 Å². The maximum absolute atomic E-state index is 5.53. The van der Waals surface area contributed by atoms with E-state index in [-0.39, 0.29) is 0 Å². The van der Waals surface area contributed by atoms with Gasteiger partial charge in [-0.3, -0.25) is 0 Å². The fourth-order valence-corrected chi connectivity index (χ4v) is 1.11. The Labute approximate surface area is 70.4 Å². The van der Waals surface area contributed by atoms with Crippen molar-refractivity contribution in [2.45, 2.75) is 19.8 Å². The van der Waals surface area contributed by atoms with Crippen molar-refractivity contribution in [3.63, 3.8) is 0 Å². The highest BCUT2D eigenvalue weighted by atomic mass is 16.3. The lowest BCUT2D eigenvalue weighted by Crippen LogP contribution is -1.79. The first-order chi connectivity index (χ1) is 5.77. The van der Waals surface area contributed by atoms with Gasteiger partial charge < -0.3 is 4.42 Å². The summed E-state index contributed by atoms with van der Waals surface area (Å²) < 4.78 is 5.53.